The summed E-state index contributed by atoms with van der Waals surface area (Å²) in [4.78, 5) is 14.0. The van der Waals surface area contributed by atoms with E-state index in [0.717, 1.165) is 32.1 Å². The van der Waals surface area contributed by atoms with Crippen LogP contribution in [0.5, 0.6) is 11.6 Å². The summed E-state index contributed by atoms with van der Waals surface area (Å²) in [6.45, 7) is 7.41. The third kappa shape index (κ3) is 5.23. The molecule has 1 saturated carbocycles. The number of nitrogens with zero attached hydrogens (tertiary/aromatic N) is 2. The van der Waals surface area contributed by atoms with Gasteiger partial charge < -0.3 is 28.7 Å². The predicted octanol–water partition coefficient (Wildman–Crippen LogP) is 4.15. The third-order valence-corrected chi connectivity index (χ3v) is 5.85. The first-order chi connectivity index (χ1) is 14.8. The van der Waals surface area contributed by atoms with Crippen LogP contribution >= 0.6 is 0 Å². The van der Waals surface area contributed by atoms with Crippen molar-refractivity contribution in [1.29, 1.82) is 0 Å². The molecule has 1 amide bonds. The zero-order valence-electron chi connectivity index (χ0n) is 18.5. The summed E-state index contributed by atoms with van der Waals surface area (Å²) in [6, 6.07) is 5.53. The van der Waals surface area contributed by atoms with E-state index in [0.29, 0.717) is 48.2 Å². The summed E-state index contributed by atoms with van der Waals surface area (Å²) in [6.07, 6.45) is 3.30. The van der Waals surface area contributed by atoms with E-state index >= 15 is 0 Å². The van der Waals surface area contributed by atoms with Gasteiger partial charge in [-0.2, -0.15) is 0 Å². The van der Waals surface area contributed by atoms with Crippen LogP contribution < -0.4 is 9.47 Å². The molecular weight excluding hydrogens is 400 g/mol. The maximum atomic E-state index is 12.2. The number of rotatable bonds is 5. The molecule has 2 aromatic rings. The normalized spacial score (nSPS) is 22.6. The summed E-state index contributed by atoms with van der Waals surface area (Å²) in [5, 5.41) is 14.9. The number of fused-ring (bicyclic) bond motifs is 1. The second kappa shape index (κ2) is 8.94. The van der Waals surface area contributed by atoms with Crippen molar-refractivity contribution in [3.8, 4) is 11.6 Å². The van der Waals surface area contributed by atoms with Crippen molar-refractivity contribution in [2.75, 3.05) is 19.7 Å². The number of hydrogen-bond donors (Lipinski definition) is 1. The number of aliphatic hydroxyl groups excluding tert-OH is 1. The average Bonchev–Trinajstić information content (AvgIpc) is 3.32. The van der Waals surface area contributed by atoms with E-state index in [1.54, 1.807) is 4.90 Å². The minimum atomic E-state index is -0.487. The fourth-order valence-electron chi connectivity index (χ4n) is 4.14. The first-order valence-electron chi connectivity index (χ1n) is 11.1. The lowest BCUT2D eigenvalue weighted by Crippen LogP contribution is -2.42. The van der Waals surface area contributed by atoms with Gasteiger partial charge in [-0.3, -0.25) is 0 Å². The van der Waals surface area contributed by atoms with Gasteiger partial charge in [0.25, 0.3) is 5.88 Å². The van der Waals surface area contributed by atoms with Crippen molar-refractivity contribution < 1.29 is 28.6 Å². The number of piperidine rings is 1. The molecule has 0 radical (unpaired) electrons. The third-order valence-electron chi connectivity index (χ3n) is 5.85. The minimum Gasteiger partial charge on any atom is -0.487 e. The summed E-state index contributed by atoms with van der Waals surface area (Å²) >= 11 is 0. The van der Waals surface area contributed by atoms with Crippen LogP contribution in [0.4, 0.5) is 4.79 Å². The van der Waals surface area contributed by atoms with E-state index < -0.39 is 11.7 Å². The number of carbonyl (C=O) groups is 1. The van der Waals surface area contributed by atoms with Crippen LogP contribution in [0.2, 0.25) is 0 Å². The van der Waals surface area contributed by atoms with Crippen molar-refractivity contribution in [2.24, 2.45) is 5.92 Å². The van der Waals surface area contributed by atoms with Crippen LogP contribution in [0.1, 0.15) is 52.9 Å². The molecule has 1 aliphatic heterocycles. The van der Waals surface area contributed by atoms with Crippen molar-refractivity contribution in [3.63, 3.8) is 0 Å². The summed E-state index contributed by atoms with van der Waals surface area (Å²) in [5.41, 5.74) is 0.110. The molecule has 1 aromatic heterocycles. The molecule has 1 saturated heterocycles. The van der Waals surface area contributed by atoms with E-state index in [1.165, 1.54) is 0 Å². The van der Waals surface area contributed by atoms with E-state index in [1.807, 2.05) is 39.0 Å². The molecule has 2 aliphatic rings. The summed E-state index contributed by atoms with van der Waals surface area (Å²) in [7, 11) is 0. The molecule has 170 valence electrons. The lowest BCUT2D eigenvalue weighted by molar-refractivity contribution is 0.0163. The Morgan fingerprint density at radius 3 is 2.68 bits per heavy atom. The second-order valence-corrected chi connectivity index (χ2v) is 9.49. The highest BCUT2D eigenvalue weighted by Gasteiger charge is 2.30. The van der Waals surface area contributed by atoms with Gasteiger partial charge in [0.1, 0.15) is 22.8 Å². The Kier molecular flexibility index (Phi) is 6.27. The Labute approximate surface area is 182 Å². The predicted molar refractivity (Wildman–Crippen MR) is 114 cm³/mol. The highest BCUT2D eigenvalue weighted by molar-refractivity contribution is 5.88. The average molecular weight is 433 g/mol. The van der Waals surface area contributed by atoms with Crippen molar-refractivity contribution >= 4 is 17.1 Å². The van der Waals surface area contributed by atoms with Gasteiger partial charge in [0.05, 0.1) is 12.7 Å². The zero-order chi connectivity index (χ0) is 22.0. The topological polar surface area (TPSA) is 94.3 Å². The Bertz CT molecular complexity index is 897. The van der Waals surface area contributed by atoms with E-state index in [4.69, 9.17) is 18.7 Å². The van der Waals surface area contributed by atoms with Gasteiger partial charge in [0.2, 0.25) is 0 Å². The number of carbonyl (C=O) groups excluding carboxylic acids is 1. The largest absolute Gasteiger partial charge is 0.487 e. The molecule has 2 fully saturated rings. The first-order valence-corrected chi connectivity index (χ1v) is 11.1. The fourth-order valence-corrected chi connectivity index (χ4v) is 4.14. The highest BCUT2D eigenvalue weighted by atomic mass is 16.6. The summed E-state index contributed by atoms with van der Waals surface area (Å²) < 4.78 is 23.0. The van der Waals surface area contributed by atoms with Gasteiger partial charge in [-0.25, -0.2) is 4.79 Å². The van der Waals surface area contributed by atoms with E-state index in [9.17, 15) is 9.90 Å². The molecule has 8 nitrogen and oxygen atoms in total. The van der Waals surface area contributed by atoms with Gasteiger partial charge >= 0.3 is 6.09 Å². The van der Waals surface area contributed by atoms with Gasteiger partial charge in [0, 0.05) is 13.1 Å². The monoisotopic (exact) mass is 432 g/mol. The Hall–Kier alpha value is -2.48. The maximum absolute atomic E-state index is 12.2. The van der Waals surface area contributed by atoms with Crippen LogP contribution in [-0.4, -0.2) is 58.8 Å². The quantitative estimate of drug-likeness (QED) is 0.758. The summed E-state index contributed by atoms with van der Waals surface area (Å²) in [5.74, 6) is 1.35. The molecule has 4 rings (SSSR count). The zero-order valence-corrected chi connectivity index (χ0v) is 18.5. The molecule has 2 heterocycles. The minimum absolute atomic E-state index is 0.217. The molecule has 2 atom stereocenters. The van der Waals surface area contributed by atoms with Gasteiger partial charge in [-0.05, 0) is 76.1 Å². The SMILES string of the molecule is CC(C)(C)OC(=O)N1CCC(COc2noc3cccc(OC4CCCC4O)c23)CC1. The van der Waals surface area contributed by atoms with E-state index in [2.05, 4.69) is 5.16 Å². The van der Waals surface area contributed by atoms with Crippen LogP contribution in [0, 0.1) is 5.92 Å². The molecule has 1 aromatic carbocycles. The van der Waals surface area contributed by atoms with Crippen molar-refractivity contribution in [3.05, 3.63) is 18.2 Å². The smallest absolute Gasteiger partial charge is 0.410 e. The van der Waals surface area contributed by atoms with Crippen LogP contribution in [-0.2, 0) is 4.74 Å². The van der Waals surface area contributed by atoms with Gasteiger partial charge in [-0.1, -0.05) is 6.07 Å². The number of ether oxygens (including phenoxy) is 3. The molecule has 0 spiro atoms. The van der Waals surface area contributed by atoms with Crippen LogP contribution in [0.25, 0.3) is 11.0 Å². The molecule has 0 bridgehead atoms. The number of aromatic nitrogens is 1. The van der Waals surface area contributed by atoms with Gasteiger partial charge in [0.15, 0.2) is 5.58 Å². The molecule has 1 N–H and O–H groups in total. The molecule has 1 aliphatic carbocycles. The number of likely N-dealkylation sites (tertiary alicyclic amines) is 1. The van der Waals surface area contributed by atoms with Gasteiger partial charge in [-0.15, -0.1) is 0 Å². The maximum Gasteiger partial charge on any atom is 0.410 e. The molecule has 31 heavy (non-hydrogen) atoms. The van der Waals surface area contributed by atoms with Crippen LogP contribution in [0.15, 0.2) is 22.7 Å². The lowest BCUT2D eigenvalue weighted by Gasteiger charge is -2.33. The number of aliphatic hydroxyl groups is 1. The molecule has 2 unspecified atom stereocenters. The van der Waals surface area contributed by atoms with Crippen molar-refractivity contribution in [2.45, 2.75) is 70.7 Å². The molecular formula is C23H32N2O6. The lowest BCUT2D eigenvalue weighted by atomic mass is 9.98. The van der Waals surface area contributed by atoms with Crippen LogP contribution in [0.3, 0.4) is 0 Å². The Morgan fingerprint density at radius 1 is 1.23 bits per heavy atom. The number of hydrogen-bond acceptors (Lipinski definition) is 7. The first kappa shape index (κ1) is 21.7. The Balaban J connectivity index is 1.35. The van der Waals surface area contributed by atoms with Crippen molar-refractivity contribution in [1.82, 2.24) is 10.1 Å². The Morgan fingerprint density at radius 2 is 2.00 bits per heavy atom. The fraction of sp³-hybridized carbons (Fsp3) is 0.652. The molecule has 8 heteroatoms. The highest BCUT2D eigenvalue weighted by Crippen LogP contribution is 2.36. The van der Waals surface area contributed by atoms with E-state index in [-0.39, 0.29) is 12.2 Å². The number of amides is 1. The number of benzene rings is 1. The second-order valence-electron chi connectivity index (χ2n) is 9.49. The standard InChI is InChI=1S/C23H32N2O6/c1-23(2,3)30-22(27)25-12-10-15(11-13-25)14-28-21-20-18(8-5-9-19(20)31-24-21)29-17-7-4-6-16(17)26/h5,8-9,15-17,26H,4,6-7,10-14H2,1-3H3.